The summed E-state index contributed by atoms with van der Waals surface area (Å²) in [6, 6.07) is 33.3. The number of thiophene rings is 1. The van der Waals surface area contributed by atoms with Gasteiger partial charge in [0.2, 0.25) is 0 Å². The summed E-state index contributed by atoms with van der Waals surface area (Å²) < 4.78 is 49.9. The van der Waals surface area contributed by atoms with Gasteiger partial charge in [-0.3, -0.25) is 0 Å². The zero-order valence-electron chi connectivity index (χ0n) is 24.3. The van der Waals surface area contributed by atoms with E-state index in [1.165, 1.54) is 27.8 Å². The first-order valence-corrected chi connectivity index (χ1v) is 15.1. The van der Waals surface area contributed by atoms with Crippen molar-refractivity contribution in [1.29, 1.82) is 0 Å². The van der Waals surface area contributed by atoms with E-state index >= 15 is 0 Å². The number of alkyl halides is 3. The first kappa shape index (κ1) is 32.1. The molecule has 0 bridgehead atoms. The maximum absolute atomic E-state index is 12.6. The van der Waals surface area contributed by atoms with E-state index in [0.29, 0.717) is 5.75 Å². The summed E-state index contributed by atoms with van der Waals surface area (Å²) in [7, 11) is 3.82. The average Bonchev–Trinajstić information content (AvgIpc) is 3.57. The molecule has 0 saturated heterocycles. The third-order valence-corrected chi connectivity index (χ3v) is 7.79. The van der Waals surface area contributed by atoms with E-state index in [0.717, 1.165) is 49.4 Å². The van der Waals surface area contributed by atoms with Crippen molar-refractivity contribution in [1.82, 2.24) is 10.6 Å². The van der Waals surface area contributed by atoms with Gasteiger partial charge in [0.1, 0.15) is 23.7 Å². The molecule has 0 radical (unpaired) electrons. The Balaban J connectivity index is 0.000000197. The predicted octanol–water partition coefficient (Wildman–Crippen LogP) is 9.07. The van der Waals surface area contributed by atoms with Crippen LogP contribution in [-0.2, 0) is 6.18 Å². The third-order valence-electron chi connectivity index (χ3n) is 6.82. The van der Waals surface area contributed by atoms with Gasteiger partial charge in [0.05, 0.1) is 5.56 Å². The third kappa shape index (κ3) is 9.58. The molecule has 1 aromatic heterocycles. The molecule has 0 fully saturated rings. The molecule has 2 unspecified atom stereocenters. The normalized spacial score (nSPS) is 12.7. The molecule has 2 N–H and O–H groups in total. The molecule has 43 heavy (non-hydrogen) atoms. The monoisotopic (exact) mass is 606 g/mol. The number of nitrogens with one attached hydrogen (secondary N) is 2. The van der Waals surface area contributed by atoms with E-state index in [9.17, 15) is 13.2 Å². The van der Waals surface area contributed by atoms with Gasteiger partial charge in [0, 0.05) is 23.1 Å². The number of hydrogen-bond donors (Lipinski definition) is 2. The number of halogens is 3. The molecule has 2 atom stereocenters. The largest absolute Gasteiger partial charge is 0.486 e. The Hall–Kier alpha value is -3.85. The quantitative estimate of drug-likeness (QED) is 0.149. The topological polar surface area (TPSA) is 42.5 Å². The van der Waals surface area contributed by atoms with Crippen LogP contribution in [0.1, 0.15) is 41.1 Å². The fourth-order valence-corrected chi connectivity index (χ4v) is 5.37. The molecule has 5 aromatic rings. The predicted molar refractivity (Wildman–Crippen MR) is 170 cm³/mol. The van der Waals surface area contributed by atoms with Crippen molar-refractivity contribution in [3.8, 4) is 11.5 Å². The molecule has 0 aliphatic carbocycles. The summed E-state index contributed by atoms with van der Waals surface area (Å²) >= 11 is 1.75. The smallest absolute Gasteiger partial charge is 0.416 e. The fourth-order valence-electron chi connectivity index (χ4n) is 4.58. The van der Waals surface area contributed by atoms with Gasteiger partial charge in [-0.1, -0.05) is 72.8 Å². The summed E-state index contributed by atoms with van der Waals surface area (Å²) in [6.45, 7) is 1.69. The Labute approximate surface area is 255 Å². The van der Waals surface area contributed by atoms with E-state index < -0.39 is 11.7 Å². The second-order valence-corrected chi connectivity index (χ2v) is 10.9. The van der Waals surface area contributed by atoms with Crippen LogP contribution in [0.25, 0.3) is 10.8 Å². The highest BCUT2D eigenvalue weighted by Crippen LogP contribution is 2.33. The van der Waals surface area contributed by atoms with Crippen LogP contribution in [0.5, 0.6) is 11.5 Å². The lowest BCUT2D eigenvalue weighted by Crippen LogP contribution is -2.16. The SMILES string of the molecule is CNCCC(Oc1ccc(C(F)(F)F)cc1)c1ccccc1.CNCCC(Oc1cccc2ccccc12)c1cccs1. The van der Waals surface area contributed by atoms with Crippen molar-refractivity contribution in [3.63, 3.8) is 0 Å². The van der Waals surface area contributed by atoms with Crippen LogP contribution < -0.4 is 20.1 Å². The molecule has 0 spiro atoms. The van der Waals surface area contributed by atoms with Gasteiger partial charge in [-0.05, 0) is 79.9 Å². The minimum absolute atomic E-state index is 0.100. The minimum Gasteiger partial charge on any atom is -0.486 e. The summed E-state index contributed by atoms with van der Waals surface area (Å²) in [5.41, 5.74) is 0.323. The lowest BCUT2D eigenvalue weighted by Gasteiger charge is -2.20. The highest BCUT2D eigenvalue weighted by molar-refractivity contribution is 7.10. The van der Waals surface area contributed by atoms with E-state index in [1.54, 1.807) is 11.3 Å². The Morgan fingerprint density at radius 3 is 1.98 bits per heavy atom. The molecule has 226 valence electrons. The molecule has 0 aliphatic rings. The summed E-state index contributed by atoms with van der Waals surface area (Å²) in [4.78, 5) is 1.28. The zero-order chi connectivity index (χ0) is 30.5. The maximum atomic E-state index is 12.6. The Bertz CT molecular complexity index is 1490. The van der Waals surface area contributed by atoms with Gasteiger partial charge >= 0.3 is 6.18 Å². The molecule has 4 aromatic carbocycles. The summed E-state index contributed by atoms with van der Waals surface area (Å²) in [6.07, 6.45) is -2.75. The molecular formula is C35H37F3N2O2S. The van der Waals surface area contributed by atoms with E-state index in [-0.39, 0.29) is 12.2 Å². The van der Waals surface area contributed by atoms with Crippen LogP contribution in [0, 0.1) is 0 Å². The first-order valence-electron chi connectivity index (χ1n) is 14.2. The Morgan fingerprint density at radius 1 is 0.674 bits per heavy atom. The lowest BCUT2D eigenvalue weighted by atomic mass is 10.1. The van der Waals surface area contributed by atoms with Gasteiger partial charge in [0.25, 0.3) is 0 Å². The van der Waals surface area contributed by atoms with Crippen LogP contribution in [0.15, 0.2) is 115 Å². The lowest BCUT2D eigenvalue weighted by molar-refractivity contribution is -0.137. The van der Waals surface area contributed by atoms with Crippen LogP contribution in [-0.4, -0.2) is 27.2 Å². The van der Waals surface area contributed by atoms with Crippen molar-refractivity contribution >= 4 is 22.1 Å². The number of benzene rings is 4. The highest BCUT2D eigenvalue weighted by atomic mass is 32.1. The van der Waals surface area contributed by atoms with E-state index in [2.05, 4.69) is 70.6 Å². The summed E-state index contributed by atoms with van der Waals surface area (Å²) in [5.74, 6) is 1.39. The van der Waals surface area contributed by atoms with Gasteiger partial charge in [-0.2, -0.15) is 13.2 Å². The Kier molecular flexibility index (Phi) is 12.0. The van der Waals surface area contributed by atoms with Crippen LogP contribution in [0.4, 0.5) is 13.2 Å². The number of ether oxygens (including phenoxy) is 2. The molecule has 8 heteroatoms. The first-order chi connectivity index (χ1) is 20.9. The van der Waals surface area contributed by atoms with Crippen molar-refractivity contribution in [3.05, 3.63) is 131 Å². The molecule has 0 saturated carbocycles. The van der Waals surface area contributed by atoms with Crippen LogP contribution in [0.3, 0.4) is 0 Å². The summed E-state index contributed by atoms with van der Waals surface area (Å²) in [5, 5.41) is 10.8. The Morgan fingerprint density at radius 2 is 1.33 bits per heavy atom. The van der Waals surface area contributed by atoms with Crippen molar-refractivity contribution < 1.29 is 22.6 Å². The fraction of sp³-hybridized carbons (Fsp3) is 0.257. The number of hydrogen-bond acceptors (Lipinski definition) is 5. The van der Waals surface area contributed by atoms with Crippen molar-refractivity contribution in [2.75, 3.05) is 27.2 Å². The molecule has 4 nitrogen and oxygen atoms in total. The molecule has 1 heterocycles. The van der Waals surface area contributed by atoms with Crippen molar-refractivity contribution in [2.24, 2.45) is 0 Å². The minimum atomic E-state index is -4.33. The molecule has 5 rings (SSSR count). The second-order valence-electron chi connectivity index (χ2n) is 9.92. The standard InChI is InChI=1S/C18H19NOS.C17H18F3NO/c1-19-12-11-17(18-10-5-13-21-18)20-16-9-4-7-14-6-2-3-8-15(14)16;1-21-12-11-16(13-5-3-2-4-6-13)22-15-9-7-14(8-10-15)17(18,19)20/h2-10,13,17,19H,11-12H2,1H3;2-10,16,21H,11-12H2,1H3. The highest BCUT2D eigenvalue weighted by Gasteiger charge is 2.30. The van der Waals surface area contributed by atoms with Gasteiger partial charge in [-0.15, -0.1) is 11.3 Å². The maximum Gasteiger partial charge on any atom is 0.416 e. The van der Waals surface area contributed by atoms with Gasteiger partial charge < -0.3 is 20.1 Å². The van der Waals surface area contributed by atoms with Crippen LogP contribution in [0.2, 0.25) is 0 Å². The second kappa shape index (κ2) is 16.1. The van der Waals surface area contributed by atoms with E-state index in [4.69, 9.17) is 9.47 Å². The van der Waals surface area contributed by atoms with E-state index in [1.807, 2.05) is 44.4 Å². The van der Waals surface area contributed by atoms with Crippen LogP contribution >= 0.6 is 11.3 Å². The zero-order valence-corrected chi connectivity index (χ0v) is 25.1. The molecule has 0 aliphatic heterocycles. The molecular weight excluding hydrogens is 569 g/mol. The number of fused-ring (bicyclic) bond motifs is 1. The van der Waals surface area contributed by atoms with Gasteiger partial charge in [-0.25, -0.2) is 0 Å². The van der Waals surface area contributed by atoms with Crippen molar-refractivity contribution in [2.45, 2.75) is 31.2 Å². The average molecular weight is 607 g/mol. The number of rotatable bonds is 12. The van der Waals surface area contributed by atoms with Gasteiger partial charge in [0.15, 0.2) is 0 Å². The molecule has 0 amide bonds.